The molecule has 1 amide bonds. The number of nitrogens with two attached hydrogens (primary N) is 1. The summed E-state index contributed by atoms with van der Waals surface area (Å²) in [4.78, 5) is 32.3. The van der Waals surface area contributed by atoms with Crippen molar-refractivity contribution in [3.63, 3.8) is 0 Å². The van der Waals surface area contributed by atoms with Crippen molar-refractivity contribution >= 4 is 17.7 Å². The Labute approximate surface area is 104 Å². The highest BCUT2D eigenvalue weighted by Gasteiger charge is 2.38. The molecule has 2 atom stereocenters. The van der Waals surface area contributed by atoms with Crippen LogP contribution in [0.3, 0.4) is 0 Å². The molecule has 1 fully saturated rings. The number of aliphatic carboxylic acids is 1. The molecular weight excluding hydrogens is 236 g/mol. The Balaban J connectivity index is 2.17. The molecule has 0 bridgehead atoms. The third-order valence-corrected chi connectivity index (χ3v) is 3.15. The molecule has 2 rings (SSSR count). The molecule has 0 aliphatic carbocycles. The zero-order chi connectivity index (χ0) is 13.3. The monoisotopic (exact) mass is 250 g/mol. The van der Waals surface area contributed by atoms with E-state index in [0.717, 1.165) is 0 Å². The average molecular weight is 250 g/mol. The van der Waals surface area contributed by atoms with E-state index in [1.165, 1.54) is 17.3 Å². The smallest absolute Gasteiger partial charge is 0.308 e. The van der Waals surface area contributed by atoms with Crippen LogP contribution in [0.25, 0.3) is 0 Å². The summed E-state index contributed by atoms with van der Waals surface area (Å²) in [5.41, 5.74) is 5.66. The van der Waals surface area contributed by atoms with Gasteiger partial charge in [0.2, 0.25) is 0 Å². The van der Waals surface area contributed by atoms with Crippen LogP contribution in [0.4, 0.5) is 5.82 Å². The average Bonchev–Trinajstić information content (AvgIpc) is 2.71. The SMILES string of the molecule is C[C@@H]1CN(C(=O)c2nccnc2N)C[C@H]1C(=O)O. The molecule has 3 N–H and O–H groups in total. The third kappa shape index (κ3) is 2.11. The molecule has 7 nitrogen and oxygen atoms in total. The predicted octanol–water partition coefficient (Wildman–Crippen LogP) is -0.148. The van der Waals surface area contributed by atoms with E-state index in [1.807, 2.05) is 6.92 Å². The van der Waals surface area contributed by atoms with Gasteiger partial charge in [0.05, 0.1) is 5.92 Å². The number of rotatable bonds is 2. The van der Waals surface area contributed by atoms with Gasteiger partial charge in [-0.3, -0.25) is 9.59 Å². The summed E-state index contributed by atoms with van der Waals surface area (Å²) in [5.74, 6) is -1.80. The van der Waals surface area contributed by atoms with Gasteiger partial charge in [0, 0.05) is 25.5 Å². The minimum absolute atomic E-state index is 0.0638. The van der Waals surface area contributed by atoms with E-state index in [-0.39, 0.29) is 29.9 Å². The van der Waals surface area contributed by atoms with Crippen molar-refractivity contribution in [3.8, 4) is 0 Å². The van der Waals surface area contributed by atoms with Crippen LogP contribution in [0, 0.1) is 11.8 Å². The number of likely N-dealkylation sites (tertiary alicyclic amines) is 1. The first-order valence-corrected chi connectivity index (χ1v) is 5.59. The van der Waals surface area contributed by atoms with E-state index in [4.69, 9.17) is 10.8 Å². The van der Waals surface area contributed by atoms with Gasteiger partial charge in [-0.05, 0) is 5.92 Å². The van der Waals surface area contributed by atoms with Crippen molar-refractivity contribution in [1.29, 1.82) is 0 Å². The van der Waals surface area contributed by atoms with Gasteiger partial charge in [0.1, 0.15) is 0 Å². The number of carbonyl (C=O) groups is 2. The maximum atomic E-state index is 12.1. The molecule has 7 heteroatoms. The lowest BCUT2D eigenvalue weighted by atomic mass is 9.99. The van der Waals surface area contributed by atoms with E-state index in [2.05, 4.69) is 9.97 Å². The number of nitrogens with zero attached hydrogens (tertiary/aromatic N) is 3. The van der Waals surface area contributed by atoms with Gasteiger partial charge in [0.15, 0.2) is 11.5 Å². The topological polar surface area (TPSA) is 109 Å². The first-order valence-electron chi connectivity index (χ1n) is 5.59. The lowest BCUT2D eigenvalue weighted by Gasteiger charge is -2.15. The molecule has 96 valence electrons. The maximum Gasteiger partial charge on any atom is 0.308 e. The molecule has 18 heavy (non-hydrogen) atoms. The van der Waals surface area contributed by atoms with Gasteiger partial charge in [-0.15, -0.1) is 0 Å². The predicted molar refractivity (Wildman–Crippen MR) is 62.6 cm³/mol. The molecule has 1 aromatic heterocycles. The Morgan fingerprint density at radius 1 is 1.39 bits per heavy atom. The molecule has 1 aliphatic rings. The molecule has 1 aromatic rings. The van der Waals surface area contributed by atoms with Crippen molar-refractivity contribution in [2.75, 3.05) is 18.8 Å². The second kappa shape index (κ2) is 4.59. The number of anilines is 1. The number of aromatic nitrogens is 2. The number of hydrogen-bond donors (Lipinski definition) is 2. The van der Waals surface area contributed by atoms with Crippen molar-refractivity contribution in [2.24, 2.45) is 11.8 Å². The molecule has 0 aromatic carbocycles. The summed E-state index contributed by atoms with van der Waals surface area (Å²) in [6, 6.07) is 0. The van der Waals surface area contributed by atoms with Crippen LogP contribution in [-0.2, 0) is 4.79 Å². The molecule has 0 saturated carbocycles. The maximum absolute atomic E-state index is 12.1. The Morgan fingerprint density at radius 3 is 2.61 bits per heavy atom. The van der Waals surface area contributed by atoms with Gasteiger partial charge in [-0.1, -0.05) is 6.92 Å². The van der Waals surface area contributed by atoms with Crippen LogP contribution in [-0.4, -0.2) is 44.9 Å². The Kier molecular flexibility index (Phi) is 3.14. The van der Waals surface area contributed by atoms with Crippen LogP contribution in [0.5, 0.6) is 0 Å². The first-order chi connectivity index (χ1) is 8.50. The number of carboxylic acid groups (broad SMARTS) is 1. The number of amides is 1. The number of hydrogen-bond acceptors (Lipinski definition) is 5. The lowest BCUT2D eigenvalue weighted by Crippen LogP contribution is -2.31. The van der Waals surface area contributed by atoms with Crippen LogP contribution in [0.15, 0.2) is 12.4 Å². The fraction of sp³-hybridized carbons (Fsp3) is 0.455. The normalized spacial score (nSPS) is 23.1. The van der Waals surface area contributed by atoms with Gasteiger partial charge >= 0.3 is 5.97 Å². The standard InChI is InChI=1S/C11H14N4O3/c1-6-4-15(5-7(6)11(17)18)10(16)8-9(12)14-3-2-13-8/h2-3,6-7H,4-5H2,1H3,(H2,12,14)(H,17,18)/t6-,7-/m1/s1. The van der Waals surface area contributed by atoms with E-state index in [1.54, 1.807) is 0 Å². The van der Waals surface area contributed by atoms with Crippen molar-refractivity contribution < 1.29 is 14.7 Å². The Bertz CT molecular complexity index is 491. The molecule has 1 saturated heterocycles. The fourth-order valence-corrected chi connectivity index (χ4v) is 2.12. The highest BCUT2D eigenvalue weighted by molar-refractivity contribution is 5.96. The Morgan fingerprint density at radius 2 is 2.06 bits per heavy atom. The molecule has 0 unspecified atom stereocenters. The fourth-order valence-electron chi connectivity index (χ4n) is 2.12. The first kappa shape index (κ1) is 12.3. The summed E-state index contributed by atoms with van der Waals surface area (Å²) in [6.07, 6.45) is 2.79. The minimum Gasteiger partial charge on any atom is -0.481 e. The van der Waals surface area contributed by atoms with E-state index < -0.39 is 11.9 Å². The van der Waals surface area contributed by atoms with Crippen LogP contribution < -0.4 is 5.73 Å². The van der Waals surface area contributed by atoms with Crippen LogP contribution in [0.1, 0.15) is 17.4 Å². The summed E-state index contributed by atoms with van der Waals surface area (Å²) < 4.78 is 0. The van der Waals surface area contributed by atoms with E-state index in [9.17, 15) is 9.59 Å². The zero-order valence-corrected chi connectivity index (χ0v) is 9.91. The summed E-state index contributed by atoms with van der Waals surface area (Å²) >= 11 is 0. The lowest BCUT2D eigenvalue weighted by molar-refractivity contribution is -0.142. The molecule has 2 heterocycles. The molecule has 1 aliphatic heterocycles. The van der Waals surface area contributed by atoms with Crippen LogP contribution >= 0.6 is 0 Å². The third-order valence-electron chi connectivity index (χ3n) is 3.15. The van der Waals surface area contributed by atoms with E-state index >= 15 is 0 Å². The van der Waals surface area contributed by atoms with Gasteiger partial charge in [0.25, 0.3) is 5.91 Å². The molecule has 0 radical (unpaired) electrons. The quantitative estimate of drug-likeness (QED) is 0.755. The largest absolute Gasteiger partial charge is 0.481 e. The molecular formula is C11H14N4O3. The van der Waals surface area contributed by atoms with E-state index in [0.29, 0.717) is 6.54 Å². The summed E-state index contributed by atoms with van der Waals surface area (Å²) in [7, 11) is 0. The number of carbonyl (C=O) groups excluding carboxylic acids is 1. The zero-order valence-electron chi connectivity index (χ0n) is 9.91. The van der Waals surface area contributed by atoms with Crippen LogP contribution in [0.2, 0.25) is 0 Å². The van der Waals surface area contributed by atoms with Crippen molar-refractivity contribution in [3.05, 3.63) is 18.1 Å². The van der Waals surface area contributed by atoms with Gasteiger partial charge < -0.3 is 15.7 Å². The van der Waals surface area contributed by atoms with Crippen molar-refractivity contribution in [2.45, 2.75) is 6.92 Å². The minimum atomic E-state index is -0.884. The second-order valence-electron chi connectivity index (χ2n) is 4.42. The Hall–Kier alpha value is -2.18. The van der Waals surface area contributed by atoms with Crippen molar-refractivity contribution in [1.82, 2.24) is 14.9 Å². The summed E-state index contributed by atoms with van der Waals surface area (Å²) in [5, 5.41) is 9.02. The molecule has 0 spiro atoms. The number of carboxylic acids is 1. The highest BCUT2D eigenvalue weighted by Crippen LogP contribution is 2.24. The van der Waals surface area contributed by atoms with Gasteiger partial charge in [-0.25, -0.2) is 9.97 Å². The van der Waals surface area contributed by atoms with Gasteiger partial charge in [-0.2, -0.15) is 0 Å². The summed E-state index contributed by atoms with van der Waals surface area (Å²) in [6.45, 7) is 2.39. The second-order valence-corrected chi connectivity index (χ2v) is 4.42. The number of nitrogen functional groups attached to an aromatic ring is 1. The highest BCUT2D eigenvalue weighted by atomic mass is 16.4.